The van der Waals surface area contributed by atoms with Crippen LogP contribution in [0, 0.1) is 5.82 Å². The Hall–Kier alpha value is -1.72. The van der Waals surface area contributed by atoms with Crippen molar-refractivity contribution in [2.24, 2.45) is 0 Å². The molecular weight excluding hydrogens is 347 g/mol. The van der Waals surface area contributed by atoms with Gasteiger partial charge in [0.1, 0.15) is 5.82 Å². The van der Waals surface area contributed by atoms with E-state index in [1.165, 1.54) is 6.07 Å². The topological polar surface area (TPSA) is 41.1 Å². The molecule has 0 heterocycles. The van der Waals surface area contributed by atoms with Gasteiger partial charge in [-0.05, 0) is 52.7 Å². The van der Waals surface area contributed by atoms with Crippen molar-refractivity contribution >= 4 is 27.5 Å². The number of para-hydroxylation sites is 1. The van der Waals surface area contributed by atoms with E-state index in [0.29, 0.717) is 31.5 Å². The maximum atomic E-state index is 13.4. The minimum Gasteiger partial charge on any atom is -0.325 e. The van der Waals surface area contributed by atoms with Crippen LogP contribution in [0.2, 0.25) is 0 Å². The second-order valence-electron chi connectivity index (χ2n) is 4.87. The van der Waals surface area contributed by atoms with Gasteiger partial charge in [-0.25, -0.2) is 4.39 Å². The lowest BCUT2D eigenvalue weighted by Gasteiger charge is -2.08. The second kappa shape index (κ2) is 8.66. The highest BCUT2D eigenvalue weighted by Gasteiger charge is 2.05. The quantitative estimate of drug-likeness (QED) is 0.734. The van der Waals surface area contributed by atoms with Gasteiger partial charge in [-0.2, -0.15) is 0 Å². The van der Waals surface area contributed by atoms with Gasteiger partial charge in [-0.1, -0.05) is 30.3 Å². The largest absolute Gasteiger partial charge is 0.325 e. The molecule has 0 spiro atoms. The molecule has 0 unspecified atom stereocenters. The molecule has 0 aromatic heterocycles. The Kier molecular flexibility index (Phi) is 6.55. The van der Waals surface area contributed by atoms with Crippen LogP contribution in [0.15, 0.2) is 53.0 Å². The summed E-state index contributed by atoms with van der Waals surface area (Å²) >= 11 is 3.38. The molecule has 22 heavy (non-hydrogen) atoms. The zero-order valence-corrected chi connectivity index (χ0v) is 13.7. The van der Waals surface area contributed by atoms with Crippen molar-refractivity contribution < 1.29 is 9.18 Å². The molecule has 0 radical (unpaired) electrons. The second-order valence-corrected chi connectivity index (χ2v) is 5.72. The summed E-state index contributed by atoms with van der Waals surface area (Å²) in [5.41, 5.74) is 1.45. The summed E-state index contributed by atoms with van der Waals surface area (Å²) < 4.78 is 14.3. The third-order valence-electron chi connectivity index (χ3n) is 3.21. The predicted molar refractivity (Wildman–Crippen MR) is 90.4 cm³/mol. The van der Waals surface area contributed by atoms with Gasteiger partial charge < -0.3 is 10.6 Å². The lowest BCUT2D eigenvalue weighted by molar-refractivity contribution is -0.116. The van der Waals surface area contributed by atoms with Gasteiger partial charge in [0, 0.05) is 17.4 Å². The van der Waals surface area contributed by atoms with Gasteiger partial charge in [-0.3, -0.25) is 4.79 Å². The van der Waals surface area contributed by atoms with Crippen LogP contribution in [0.4, 0.5) is 10.1 Å². The van der Waals surface area contributed by atoms with Crippen molar-refractivity contribution in [1.29, 1.82) is 0 Å². The molecule has 5 heteroatoms. The van der Waals surface area contributed by atoms with Gasteiger partial charge in [0.2, 0.25) is 5.91 Å². The number of halogens is 2. The fraction of sp³-hybridized carbons (Fsp3) is 0.235. The van der Waals surface area contributed by atoms with Crippen molar-refractivity contribution in [3.05, 3.63) is 64.4 Å². The Bertz CT molecular complexity index is 634. The van der Waals surface area contributed by atoms with E-state index < -0.39 is 0 Å². The van der Waals surface area contributed by atoms with Crippen LogP contribution in [0.3, 0.4) is 0 Å². The van der Waals surface area contributed by atoms with E-state index in [0.717, 1.165) is 10.2 Å². The first-order chi connectivity index (χ1) is 10.7. The zero-order valence-electron chi connectivity index (χ0n) is 12.1. The molecule has 2 aromatic rings. The highest BCUT2D eigenvalue weighted by molar-refractivity contribution is 9.10. The number of carbonyl (C=O) groups excluding carboxylic acids is 1. The minimum atomic E-state index is -0.184. The molecule has 3 nitrogen and oxygen atoms in total. The lowest BCUT2D eigenvalue weighted by Crippen LogP contribution is -2.23. The SMILES string of the molecule is O=C(CCNCCc1ccccc1F)Nc1ccccc1Br. The van der Waals surface area contributed by atoms with Crippen LogP contribution in [-0.4, -0.2) is 19.0 Å². The average Bonchev–Trinajstić information content (AvgIpc) is 2.51. The molecular formula is C17H18BrFN2O. The monoisotopic (exact) mass is 364 g/mol. The summed E-state index contributed by atoms with van der Waals surface area (Å²) in [6.45, 7) is 1.20. The first-order valence-electron chi connectivity index (χ1n) is 7.15. The smallest absolute Gasteiger partial charge is 0.225 e. The van der Waals surface area contributed by atoms with Crippen LogP contribution < -0.4 is 10.6 Å². The van der Waals surface area contributed by atoms with E-state index in [1.807, 2.05) is 30.3 Å². The summed E-state index contributed by atoms with van der Waals surface area (Å²) in [4.78, 5) is 11.8. The summed E-state index contributed by atoms with van der Waals surface area (Å²) in [6, 6.07) is 14.2. The van der Waals surface area contributed by atoms with E-state index in [2.05, 4.69) is 26.6 Å². The summed E-state index contributed by atoms with van der Waals surface area (Å²) in [5.74, 6) is -0.235. The molecule has 2 rings (SSSR count). The van der Waals surface area contributed by atoms with Gasteiger partial charge in [0.15, 0.2) is 0 Å². The Morgan fingerprint density at radius 2 is 1.77 bits per heavy atom. The van der Waals surface area contributed by atoms with Gasteiger partial charge >= 0.3 is 0 Å². The maximum absolute atomic E-state index is 13.4. The van der Waals surface area contributed by atoms with Gasteiger partial charge in [0.05, 0.1) is 5.69 Å². The number of amides is 1. The first-order valence-corrected chi connectivity index (χ1v) is 7.94. The molecule has 0 aliphatic rings. The van der Waals surface area contributed by atoms with E-state index in [9.17, 15) is 9.18 Å². The Morgan fingerprint density at radius 1 is 1.05 bits per heavy atom. The minimum absolute atomic E-state index is 0.0507. The lowest BCUT2D eigenvalue weighted by atomic mass is 10.1. The average molecular weight is 365 g/mol. The highest BCUT2D eigenvalue weighted by atomic mass is 79.9. The maximum Gasteiger partial charge on any atom is 0.225 e. The molecule has 2 N–H and O–H groups in total. The number of rotatable bonds is 7. The molecule has 0 fully saturated rings. The highest BCUT2D eigenvalue weighted by Crippen LogP contribution is 2.21. The molecule has 0 aliphatic carbocycles. The van der Waals surface area contributed by atoms with Crippen LogP contribution in [0.1, 0.15) is 12.0 Å². The summed E-state index contributed by atoms with van der Waals surface area (Å²) in [5, 5.41) is 6.00. The third-order valence-corrected chi connectivity index (χ3v) is 3.90. The Labute approximate surface area is 138 Å². The van der Waals surface area contributed by atoms with Crippen molar-refractivity contribution in [3.63, 3.8) is 0 Å². The van der Waals surface area contributed by atoms with Gasteiger partial charge in [0.25, 0.3) is 0 Å². The molecule has 0 saturated carbocycles. The molecule has 1 amide bonds. The fourth-order valence-electron chi connectivity index (χ4n) is 2.03. The zero-order chi connectivity index (χ0) is 15.8. The molecule has 2 aromatic carbocycles. The van der Waals surface area contributed by atoms with E-state index >= 15 is 0 Å². The van der Waals surface area contributed by atoms with Crippen LogP contribution in [0.25, 0.3) is 0 Å². The Morgan fingerprint density at radius 3 is 2.55 bits per heavy atom. The van der Waals surface area contributed by atoms with Crippen LogP contribution in [0.5, 0.6) is 0 Å². The van der Waals surface area contributed by atoms with Crippen LogP contribution >= 0.6 is 15.9 Å². The van der Waals surface area contributed by atoms with E-state index in [4.69, 9.17) is 0 Å². The third kappa shape index (κ3) is 5.24. The molecule has 0 saturated heterocycles. The van der Waals surface area contributed by atoms with Gasteiger partial charge in [-0.15, -0.1) is 0 Å². The van der Waals surface area contributed by atoms with Crippen molar-refractivity contribution in [2.75, 3.05) is 18.4 Å². The fourth-order valence-corrected chi connectivity index (χ4v) is 2.41. The molecule has 0 bridgehead atoms. The van der Waals surface area contributed by atoms with Crippen molar-refractivity contribution in [3.8, 4) is 0 Å². The van der Waals surface area contributed by atoms with E-state index in [-0.39, 0.29) is 11.7 Å². The standard InChI is InChI=1S/C17H18BrFN2O/c18-14-6-2-4-8-16(14)21-17(22)10-12-20-11-9-13-5-1-3-7-15(13)19/h1-8,20H,9-12H2,(H,21,22). The number of hydrogen-bond acceptors (Lipinski definition) is 2. The molecule has 116 valence electrons. The van der Waals surface area contributed by atoms with E-state index in [1.54, 1.807) is 12.1 Å². The number of anilines is 1. The summed E-state index contributed by atoms with van der Waals surface area (Å²) in [7, 11) is 0. The predicted octanol–water partition coefficient (Wildman–Crippen LogP) is 3.75. The number of nitrogens with one attached hydrogen (secondary N) is 2. The Balaban J connectivity index is 1.65. The first kappa shape index (κ1) is 16.6. The number of hydrogen-bond donors (Lipinski definition) is 2. The van der Waals surface area contributed by atoms with Crippen molar-refractivity contribution in [1.82, 2.24) is 5.32 Å². The molecule has 0 atom stereocenters. The number of benzene rings is 2. The molecule has 0 aliphatic heterocycles. The number of carbonyl (C=O) groups is 1. The van der Waals surface area contributed by atoms with Crippen molar-refractivity contribution in [2.45, 2.75) is 12.8 Å². The normalized spacial score (nSPS) is 10.5. The summed E-state index contributed by atoms with van der Waals surface area (Å²) in [6.07, 6.45) is 0.983. The van der Waals surface area contributed by atoms with Crippen LogP contribution in [-0.2, 0) is 11.2 Å².